The summed E-state index contributed by atoms with van der Waals surface area (Å²) in [5.74, 6) is 0.639. The highest BCUT2D eigenvalue weighted by molar-refractivity contribution is 7.89. The summed E-state index contributed by atoms with van der Waals surface area (Å²) in [5.41, 5.74) is 0. The van der Waals surface area contributed by atoms with Crippen LogP contribution in [0.4, 0.5) is 5.82 Å². The molecule has 0 spiro atoms. The van der Waals surface area contributed by atoms with Gasteiger partial charge in [0.25, 0.3) is 0 Å². The van der Waals surface area contributed by atoms with E-state index in [2.05, 4.69) is 15.0 Å². The minimum Gasteiger partial charge on any atom is -0.373 e. The van der Waals surface area contributed by atoms with Crippen molar-refractivity contribution < 1.29 is 8.42 Å². The molecule has 19 heavy (non-hydrogen) atoms. The molecule has 1 aromatic heterocycles. The molecule has 7 heteroatoms. The number of nitrogens with one attached hydrogen (secondary N) is 2. The minimum atomic E-state index is -3.49. The van der Waals surface area contributed by atoms with E-state index in [4.69, 9.17) is 0 Å². The molecule has 0 saturated carbocycles. The first-order valence-corrected chi connectivity index (χ1v) is 7.64. The van der Waals surface area contributed by atoms with Gasteiger partial charge in [0, 0.05) is 19.3 Å². The van der Waals surface area contributed by atoms with Gasteiger partial charge in [0.1, 0.15) is 10.7 Å². The van der Waals surface area contributed by atoms with E-state index in [1.807, 2.05) is 25.9 Å². The zero-order valence-corrected chi connectivity index (χ0v) is 12.7. The second kappa shape index (κ2) is 6.83. The first-order valence-electron chi connectivity index (χ1n) is 6.16. The highest BCUT2D eigenvalue weighted by atomic mass is 32.2. The van der Waals surface area contributed by atoms with Gasteiger partial charge in [-0.25, -0.2) is 18.1 Å². The van der Waals surface area contributed by atoms with Gasteiger partial charge < -0.3 is 10.2 Å². The maximum Gasteiger partial charge on any atom is 0.242 e. The molecule has 0 amide bonds. The van der Waals surface area contributed by atoms with Gasteiger partial charge in [-0.05, 0) is 46.1 Å². The molecule has 1 atom stereocenters. The number of nitrogens with zero attached hydrogens (tertiary/aromatic N) is 2. The number of hydrogen-bond acceptors (Lipinski definition) is 5. The lowest BCUT2D eigenvalue weighted by Gasteiger charge is -2.16. The van der Waals surface area contributed by atoms with Crippen LogP contribution in [0.1, 0.15) is 13.3 Å². The number of aromatic nitrogens is 1. The lowest BCUT2D eigenvalue weighted by molar-refractivity contribution is 0.379. The zero-order valence-electron chi connectivity index (χ0n) is 11.8. The molecule has 108 valence electrons. The summed E-state index contributed by atoms with van der Waals surface area (Å²) in [5, 5.41) is 2.85. The monoisotopic (exact) mass is 286 g/mol. The van der Waals surface area contributed by atoms with E-state index >= 15 is 0 Å². The second-order valence-corrected chi connectivity index (χ2v) is 6.46. The molecule has 1 unspecified atom stereocenters. The van der Waals surface area contributed by atoms with Crippen molar-refractivity contribution in [2.75, 3.05) is 33.0 Å². The van der Waals surface area contributed by atoms with E-state index in [-0.39, 0.29) is 10.9 Å². The molecule has 2 N–H and O–H groups in total. The highest BCUT2D eigenvalue weighted by Gasteiger charge is 2.17. The molecule has 0 saturated heterocycles. The fraction of sp³-hybridized carbons (Fsp3) is 0.583. The summed E-state index contributed by atoms with van der Waals surface area (Å²) in [4.78, 5) is 6.21. The third kappa shape index (κ3) is 5.14. The van der Waals surface area contributed by atoms with Crippen LogP contribution >= 0.6 is 0 Å². The fourth-order valence-electron chi connectivity index (χ4n) is 1.53. The van der Waals surface area contributed by atoms with Crippen LogP contribution in [0, 0.1) is 0 Å². The van der Waals surface area contributed by atoms with E-state index in [1.54, 1.807) is 19.2 Å². The van der Waals surface area contributed by atoms with Gasteiger partial charge in [-0.3, -0.25) is 0 Å². The molecule has 0 bridgehead atoms. The zero-order chi connectivity index (χ0) is 14.5. The molecule has 0 radical (unpaired) electrons. The Bertz CT molecular complexity index is 485. The molecule has 0 aliphatic heterocycles. The lowest BCUT2D eigenvalue weighted by atomic mass is 10.2. The molecular formula is C12H22N4O2S. The first-order chi connectivity index (χ1) is 8.85. The second-order valence-electron chi connectivity index (χ2n) is 4.74. The maximum atomic E-state index is 12.1. The largest absolute Gasteiger partial charge is 0.373 e. The molecule has 0 fully saturated rings. The summed E-state index contributed by atoms with van der Waals surface area (Å²) >= 11 is 0. The average Bonchev–Trinajstić information content (AvgIpc) is 2.36. The quantitative estimate of drug-likeness (QED) is 0.773. The van der Waals surface area contributed by atoms with Crippen molar-refractivity contribution >= 4 is 15.8 Å². The lowest BCUT2D eigenvalue weighted by Crippen LogP contribution is -2.34. The molecule has 1 heterocycles. The Balaban J connectivity index is 2.69. The van der Waals surface area contributed by atoms with Crippen LogP contribution in [0.5, 0.6) is 0 Å². The van der Waals surface area contributed by atoms with Gasteiger partial charge in [-0.15, -0.1) is 0 Å². The van der Waals surface area contributed by atoms with E-state index in [1.165, 1.54) is 6.20 Å². The van der Waals surface area contributed by atoms with Gasteiger partial charge in [-0.2, -0.15) is 0 Å². The molecule has 6 nitrogen and oxygen atoms in total. The van der Waals surface area contributed by atoms with Crippen LogP contribution in [0.2, 0.25) is 0 Å². The van der Waals surface area contributed by atoms with Gasteiger partial charge >= 0.3 is 0 Å². The Morgan fingerprint density at radius 1 is 1.37 bits per heavy atom. The van der Waals surface area contributed by atoms with Crippen LogP contribution in [-0.4, -0.2) is 52.0 Å². The van der Waals surface area contributed by atoms with Gasteiger partial charge in [-0.1, -0.05) is 0 Å². The van der Waals surface area contributed by atoms with Gasteiger partial charge in [0.2, 0.25) is 10.0 Å². The third-order valence-corrected chi connectivity index (χ3v) is 4.24. The van der Waals surface area contributed by atoms with E-state index in [0.717, 1.165) is 13.0 Å². The van der Waals surface area contributed by atoms with Crippen molar-refractivity contribution in [3.8, 4) is 0 Å². The summed E-state index contributed by atoms with van der Waals surface area (Å²) in [7, 11) is 2.16. The van der Waals surface area contributed by atoms with Crippen LogP contribution in [0.25, 0.3) is 0 Å². The molecule has 1 aromatic rings. The number of rotatable bonds is 7. The van der Waals surface area contributed by atoms with Crippen molar-refractivity contribution in [3.05, 3.63) is 18.3 Å². The summed E-state index contributed by atoms with van der Waals surface area (Å²) < 4.78 is 26.9. The van der Waals surface area contributed by atoms with Crippen LogP contribution in [0.3, 0.4) is 0 Å². The number of sulfonamides is 1. The SMILES string of the molecule is CNc1ccc(S(=O)(=O)NC(C)CCN(C)C)cn1. The van der Waals surface area contributed by atoms with Crippen LogP contribution in [-0.2, 0) is 10.0 Å². The number of anilines is 1. The third-order valence-electron chi connectivity index (χ3n) is 2.67. The number of hydrogen-bond donors (Lipinski definition) is 2. The Hall–Kier alpha value is -1.18. The summed E-state index contributed by atoms with van der Waals surface area (Å²) in [6.45, 7) is 2.69. The first kappa shape index (κ1) is 15.9. The van der Waals surface area contributed by atoms with Crippen molar-refractivity contribution in [3.63, 3.8) is 0 Å². The maximum absolute atomic E-state index is 12.1. The van der Waals surface area contributed by atoms with E-state index in [9.17, 15) is 8.42 Å². The Labute approximate surface area is 115 Å². The topological polar surface area (TPSA) is 74.3 Å². The molecule has 0 aliphatic carbocycles. The predicted molar refractivity (Wildman–Crippen MR) is 76.7 cm³/mol. The Morgan fingerprint density at radius 3 is 2.53 bits per heavy atom. The van der Waals surface area contributed by atoms with Gasteiger partial charge in [0.05, 0.1) is 0 Å². The Kier molecular flexibility index (Phi) is 5.71. The average molecular weight is 286 g/mol. The summed E-state index contributed by atoms with van der Waals surface area (Å²) in [6.07, 6.45) is 2.11. The smallest absolute Gasteiger partial charge is 0.242 e. The van der Waals surface area contributed by atoms with Gasteiger partial charge in [0.15, 0.2) is 0 Å². The van der Waals surface area contributed by atoms with Crippen molar-refractivity contribution in [1.82, 2.24) is 14.6 Å². The highest BCUT2D eigenvalue weighted by Crippen LogP contribution is 2.11. The Morgan fingerprint density at radius 2 is 2.05 bits per heavy atom. The van der Waals surface area contributed by atoms with Crippen molar-refractivity contribution in [1.29, 1.82) is 0 Å². The standard InChI is InChI=1S/C12H22N4O2S/c1-10(7-8-16(3)4)15-19(17,18)11-5-6-12(13-2)14-9-11/h5-6,9-10,15H,7-8H2,1-4H3,(H,13,14). The fourth-order valence-corrected chi connectivity index (χ4v) is 2.75. The molecule has 1 rings (SSSR count). The number of pyridine rings is 1. The minimum absolute atomic E-state index is 0.114. The normalized spacial score (nSPS) is 13.5. The van der Waals surface area contributed by atoms with E-state index < -0.39 is 10.0 Å². The molecule has 0 aromatic carbocycles. The van der Waals surface area contributed by atoms with Crippen molar-refractivity contribution in [2.45, 2.75) is 24.3 Å². The van der Waals surface area contributed by atoms with Crippen molar-refractivity contribution in [2.24, 2.45) is 0 Å². The predicted octanol–water partition coefficient (Wildman–Crippen LogP) is 0.742. The van der Waals surface area contributed by atoms with Crippen LogP contribution < -0.4 is 10.0 Å². The molecule has 0 aliphatic rings. The molecular weight excluding hydrogens is 264 g/mol. The van der Waals surface area contributed by atoms with Crippen LogP contribution in [0.15, 0.2) is 23.2 Å². The van der Waals surface area contributed by atoms with E-state index in [0.29, 0.717) is 5.82 Å². The summed E-state index contributed by atoms with van der Waals surface area (Å²) in [6, 6.07) is 3.06.